The molecule has 2 atom stereocenters. The van der Waals surface area contributed by atoms with Crippen molar-refractivity contribution in [1.29, 1.82) is 0 Å². The Hall–Kier alpha value is -1.90. The van der Waals surface area contributed by atoms with E-state index in [9.17, 15) is 5.11 Å². The van der Waals surface area contributed by atoms with Gasteiger partial charge in [-0.3, -0.25) is 4.90 Å². The standard InChI is InChI=1S/C24H29NO/c26-24(16-8-13-20-9-3-1-4-10-20)17-22-14-7-15-23(18-24)25(22)19-21-11-5-2-6-12-21/h1-6,8-13,22-23,26H,7,14-19H2/b13-8+. The van der Waals surface area contributed by atoms with Gasteiger partial charge in [0.25, 0.3) is 0 Å². The molecule has 0 amide bonds. The van der Waals surface area contributed by atoms with E-state index in [2.05, 4.69) is 71.6 Å². The van der Waals surface area contributed by atoms with Crippen LogP contribution in [0.1, 0.15) is 49.7 Å². The smallest absolute Gasteiger partial charge is 0.0711 e. The van der Waals surface area contributed by atoms with E-state index < -0.39 is 5.60 Å². The fourth-order valence-electron chi connectivity index (χ4n) is 4.82. The molecular weight excluding hydrogens is 318 g/mol. The molecule has 2 heteroatoms. The first-order valence-corrected chi connectivity index (χ1v) is 9.96. The second kappa shape index (κ2) is 7.77. The molecule has 4 rings (SSSR count). The average Bonchev–Trinajstić information content (AvgIpc) is 2.64. The molecule has 2 aromatic rings. The molecule has 0 saturated carbocycles. The molecule has 2 aliphatic rings. The van der Waals surface area contributed by atoms with Crippen LogP contribution in [0.15, 0.2) is 66.7 Å². The number of hydrogen-bond acceptors (Lipinski definition) is 2. The Kier molecular flexibility index (Phi) is 5.23. The van der Waals surface area contributed by atoms with Gasteiger partial charge in [0.2, 0.25) is 0 Å². The Morgan fingerprint density at radius 2 is 1.54 bits per heavy atom. The predicted molar refractivity (Wildman–Crippen MR) is 108 cm³/mol. The van der Waals surface area contributed by atoms with Crippen LogP contribution in [0.4, 0.5) is 0 Å². The molecule has 2 saturated heterocycles. The van der Waals surface area contributed by atoms with E-state index >= 15 is 0 Å². The fourth-order valence-corrected chi connectivity index (χ4v) is 4.82. The Morgan fingerprint density at radius 1 is 0.923 bits per heavy atom. The first kappa shape index (κ1) is 17.5. The van der Waals surface area contributed by atoms with Gasteiger partial charge in [0.15, 0.2) is 0 Å². The maximum absolute atomic E-state index is 11.3. The zero-order valence-corrected chi connectivity index (χ0v) is 15.4. The van der Waals surface area contributed by atoms with Gasteiger partial charge in [-0.25, -0.2) is 0 Å². The minimum atomic E-state index is -0.547. The van der Waals surface area contributed by atoms with Crippen molar-refractivity contribution in [3.05, 3.63) is 77.9 Å². The number of rotatable bonds is 5. The van der Waals surface area contributed by atoms with Crippen molar-refractivity contribution in [1.82, 2.24) is 4.90 Å². The second-order valence-electron chi connectivity index (χ2n) is 8.05. The first-order chi connectivity index (χ1) is 12.7. The van der Waals surface area contributed by atoms with Gasteiger partial charge >= 0.3 is 0 Å². The van der Waals surface area contributed by atoms with E-state index in [1.807, 2.05) is 6.07 Å². The van der Waals surface area contributed by atoms with Gasteiger partial charge in [0.05, 0.1) is 5.60 Å². The lowest BCUT2D eigenvalue weighted by Crippen LogP contribution is -2.57. The third kappa shape index (κ3) is 4.08. The molecule has 2 bridgehead atoms. The van der Waals surface area contributed by atoms with Crippen LogP contribution in [-0.2, 0) is 6.54 Å². The highest BCUT2D eigenvalue weighted by Gasteiger charge is 2.44. The topological polar surface area (TPSA) is 23.5 Å². The SMILES string of the molecule is OC1(C/C=C/c2ccccc2)CC2CCCC(C1)N2Cc1ccccc1. The lowest BCUT2D eigenvalue weighted by molar-refractivity contribution is -0.0932. The third-order valence-electron chi connectivity index (χ3n) is 6.06. The molecule has 26 heavy (non-hydrogen) atoms. The maximum Gasteiger partial charge on any atom is 0.0711 e. The highest BCUT2D eigenvalue weighted by atomic mass is 16.3. The molecule has 0 radical (unpaired) electrons. The van der Waals surface area contributed by atoms with Crippen molar-refractivity contribution in [3.8, 4) is 0 Å². The molecule has 0 aliphatic carbocycles. The Morgan fingerprint density at radius 3 is 2.19 bits per heavy atom. The summed E-state index contributed by atoms with van der Waals surface area (Å²) in [5, 5.41) is 11.3. The van der Waals surface area contributed by atoms with Crippen LogP contribution in [0.2, 0.25) is 0 Å². The van der Waals surface area contributed by atoms with Crippen molar-refractivity contribution < 1.29 is 5.11 Å². The Bertz CT molecular complexity index is 710. The summed E-state index contributed by atoms with van der Waals surface area (Å²) in [7, 11) is 0. The molecule has 2 nitrogen and oxygen atoms in total. The fraction of sp³-hybridized carbons (Fsp3) is 0.417. The Labute approximate surface area is 157 Å². The number of piperidine rings is 2. The van der Waals surface area contributed by atoms with Gasteiger partial charge in [-0.15, -0.1) is 0 Å². The van der Waals surface area contributed by atoms with Crippen molar-refractivity contribution in [3.63, 3.8) is 0 Å². The van der Waals surface area contributed by atoms with E-state index in [0.717, 1.165) is 25.8 Å². The van der Waals surface area contributed by atoms with Gasteiger partial charge in [-0.2, -0.15) is 0 Å². The summed E-state index contributed by atoms with van der Waals surface area (Å²) in [4.78, 5) is 2.66. The van der Waals surface area contributed by atoms with Crippen LogP contribution in [-0.4, -0.2) is 27.7 Å². The number of nitrogens with zero attached hydrogens (tertiary/aromatic N) is 1. The second-order valence-corrected chi connectivity index (χ2v) is 8.05. The molecule has 2 heterocycles. The summed E-state index contributed by atoms with van der Waals surface area (Å²) < 4.78 is 0. The maximum atomic E-state index is 11.3. The summed E-state index contributed by atoms with van der Waals surface area (Å²) in [6.07, 6.45) is 10.6. The summed E-state index contributed by atoms with van der Waals surface area (Å²) in [5.41, 5.74) is 2.05. The molecule has 2 fully saturated rings. The van der Waals surface area contributed by atoms with Crippen molar-refractivity contribution in [2.24, 2.45) is 0 Å². The lowest BCUT2D eigenvalue weighted by Gasteiger charge is -2.52. The van der Waals surface area contributed by atoms with E-state index in [-0.39, 0.29) is 0 Å². The normalized spacial score (nSPS) is 29.1. The monoisotopic (exact) mass is 347 g/mol. The number of fused-ring (bicyclic) bond motifs is 2. The number of hydrogen-bond donors (Lipinski definition) is 1. The average molecular weight is 348 g/mol. The summed E-state index contributed by atoms with van der Waals surface area (Å²) in [5.74, 6) is 0. The van der Waals surface area contributed by atoms with E-state index in [1.165, 1.54) is 30.4 Å². The highest BCUT2D eigenvalue weighted by Crippen LogP contribution is 2.41. The Balaban J connectivity index is 1.42. The van der Waals surface area contributed by atoms with Crippen molar-refractivity contribution in [2.75, 3.05) is 0 Å². The van der Waals surface area contributed by atoms with Gasteiger partial charge in [-0.1, -0.05) is 79.2 Å². The minimum absolute atomic E-state index is 0.512. The zero-order valence-electron chi connectivity index (χ0n) is 15.4. The van der Waals surface area contributed by atoms with Crippen LogP contribution < -0.4 is 0 Å². The lowest BCUT2D eigenvalue weighted by atomic mass is 9.74. The molecule has 0 aromatic heterocycles. The molecular formula is C24H29NO. The zero-order chi connectivity index (χ0) is 17.8. The van der Waals surface area contributed by atoms with E-state index in [0.29, 0.717) is 12.1 Å². The minimum Gasteiger partial charge on any atom is -0.389 e. The summed E-state index contributed by atoms with van der Waals surface area (Å²) in [6, 6.07) is 22.2. The van der Waals surface area contributed by atoms with Gasteiger partial charge in [0.1, 0.15) is 0 Å². The van der Waals surface area contributed by atoms with E-state index in [1.54, 1.807) is 0 Å². The molecule has 2 aliphatic heterocycles. The molecule has 136 valence electrons. The summed E-state index contributed by atoms with van der Waals surface area (Å²) in [6.45, 7) is 1.02. The molecule has 1 N–H and O–H groups in total. The molecule has 2 aromatic carbocycles. The third-order valence-corrected chi connectivity index (χ3v) is 6.06. The number of benzene rings is 2. The van der Waals surface area contributed by atoms with Crippen LogP contribution in [0.25, 0.3) is 6.08 Å². The quantitative estimate of drug-likeness (QED) is 0.819. The van der Waals surface area contributed by atoms with Gasteiger partial charge in [-0.05, 0) is 43.2 Å². The van der Waals surface area contributed by atoms with Crippen LogP contribution in [0.3, 0.4) is 0 Å². The van der Waals surface area contributed by atoms with Gasteiger partial charge < -0.3 is 5.11 Å². The number of aliphatic hydroxyl groups is 1. The largest absolute Gasteiger partial charge is 0.389 e. The van der Waals surface area contributed by atoms with Crippen LogP contribution in [0, 0.1) is 0 Å². The molecule has 2 unspecified atom stereocenters. The van der Waals surface area contributed by atoms with Crippen LogP contribution >= 0.6 is 0 Å². The first-order valence-electron chi connectivity index (χ1n) is 9.96. The van der Waals surface area contributed by atoms with Crippen LogP contribution in [0.5, 0.6) is 0 Å². The van der Waals surface area contributed by atoms with Crippen molar-refractivity contribution in [2.45, 2.75) is 62.8 Å². The molecule has 0 spiro atoms. The summed E-state index contributed by atoms with van der Waals surface area (Å²) >= 11 is 0. The predicted octanol–water partition coefficient (Wildman–Crippen LogP) is 5.04. The van der Waals surface area contributed by atoms with Gasteiger partial charge in [0, 0.05) is 18.6 Å². The highest BCUT2D eigenvalue weighted by molar-refractivity contribution is 5.48. The van der Waals surface area contributed by atoms with Crippen molar-refractivity contribution >= 4 is 6.08 Å². The van der Waals surface area contributed by atoms with E-state index in [4.69, 9.17) is 0 Å².